The van der Waals surface area contributed by atoms with Crippen LogP contribution in [0, 0.1) is 13.8 Å². The molecule has 1 N–H and O–H groups in total. The average molecular weight is 375 g/mol. The first-order valence-electron chi connectivity index (χ1n) is 5.76. The van der Waals surface area contributed by atoms with Crippen LogP contribution < -0.4 is 0 Å². The van der Waals surface area contributed by atoms with Crippen LogP contribution >= 0.6 is 15.9 Å². The van der Waals surface area contributed by atoms with Gasteiger partial charge in [-0.2, -0.15) is 4.98 Å². The number of aryl methyl sites for hydroxylation is 1. The lowest BCUT2D eigenvalue weighted by atomic mass is 10.1. The number of halogens is 1. The Kier molecular flexibility index (Phi) is 4.15. The minimum atomic E-state index is -3.79. The molecule has 0 bridgehead atoms. The molecule has 1 aromatic heterocycles. The highest BCUT2D eigenvalue weighted by atomic mass is 79.9. The van der Waals surface area contributed by atoms with Crippen molar-refractivity contribution in [3.63, 3.8) is 0 Å². The van der Waals surface area contributed by atoms with Gasteiger partial charge in [-0.05, 0) is 24.6 Å². The Hall–Kier alpha value is -1.74. The first-order chi connectivity index (χ1) is 9.70. The number of carboxylic acids is 1. The Balaban J connectivity index is 2.51. The van der Waals surface area contributed by atoms with Crippen LogP contribution in [0.4, 0.5) is 0 Å². The third-order valence-electron chi connectivity index (χ3n) is 2.77. The van der Waals surface area contributed by atoms with E-state index < -0.39 is 21.6 Å². The summed E-state index contributed by atoms with van der Waals surface area (Å²) < 4.78 is 30.0. The standard InChI is InChI=1S/C12H11BrN2O5S/c1-6-9(13)3-8(12(16)17)4-10(6)21(18,19)5-11-14-7(2)20-15-11/h3-4H,5H2,1-2H3,(H,16,17). The van der Waals surface area contributed by atoms with Gasteiger partial charge in [-0.1, -0.05) is 21.1 Å². The van der Waals surface area contributed by atoms with Gasteiger partial charge < -0.3 is 9.63 Å². The van der Waals surface area contributed by atoms with Gasteiger partial charge in [-0.15, -0.1) is 0 Å². The van der Waals surface area contributed by atoms with Gasteiger partial charge >= 0.3 is 5.97 Å². The number of sulfone groups is 1. The predicted molar refractivity (Wildman–Crippen MR) is 75.8 cm³/mol. The number of hydrogen-bond acceptors (Lipinski definition) is 6. The molecule has 2 rings (SSSR count). The highest BCUT2D eigenvalue weighted by Gasteiger charge is 2.23. The highest BCUT2D eigenvalue weighted by Crippen LogP contribution is 2.27. The fraction of sp³-hybridized carbons (Fsp3) is 0.250. The molecular weight excluding hydrogens is 364 g/mol. The molecule has 112 valence electrons. The van der Waals surface area contributed by atoms with E-state index >= 15 is 0 Å². The minimum Gasteiger partial charge on any atom is -0.478 e. The zero-order chi connectivity index (χ0) is 15.8. The summed E-state index contributed by atoms with van der Waals surface area (Å²) in [5, 5.41) is 12.6. The van der Waals surface area contributed by atoms with Crippen molar-refractivity contribution in [3.05, 3.63) is 39.4 Å². The molecule has 9 heteroatoms. The molecule has 0 unspecified atom stereocenters. The molecule has 2 aromatic rings. The van der Waals surface area contributed by atoms with Crippen molar-refractivity contribution in [1.29, 1.82) is 0 Å². The third kappa shape index (κ3) is 3.30. The largest absolute Gasteiger partial charge is 0.478 e. The van der Waals surface area contributed by atoms with E-state index in [-0.39, 0.29) is 22.2 Å². The number of carbonyl (C=O) groups is 1. The zero-order valence-corrected chi connectivity index (χ0v) is 13.5. The monoisotopic (exact) mass is 374 g/mol. The van der Waals surface area contributed by atoms with Crippen molar-refractivity contribution in [3.8, 4) is 0 Å². The second-order valence-corrected chi connectivity index (χ2v) is 7.19. The summed E-state index contributed by atoms with van der Waals surface area (Å²) in [5.74, 6) is -1.37. The molecule has 0 spiro atoms. The molecule has 0 amide bonds. The van der Waals surface area contributed by atoms with Crippen molar-refractivity contribution in [2.24, 2.45) is 0 Å². The van der Waals surface area contributed by atoms with Gasteiger partial charge in [0.1, 0.15) is 5.75 Å². The normalized spacial score (nSPS) is 11.6. The average Bonchev–Trinajstić information content (AvgIpc) is 2.76. The van der Waals surface area contributed by atoms with Crippen molar-refractivity contribution in [2.75, 3.05) is 0 Å². The van der Waals surface area contributed by atoms with E-state index in [0.29, 0.717) is 10.0 Å². The highest BCUT2D eigenvalue weighted by molar-refractivity contribution is 9.10. The molecule has 1 heterocycles. The fourth-order valence-corrected chi connectivity index (χ4v) is 3.83. The van der Waals surface area contributed by atoms with Crippen molar-refractivity contribution in [1.82, 2.24) is 10.1 Å². The second kappa shape index (κ2) is 5.57. The Morgan fingerprint density at radius 3 is 2.57 bits per heavy atom. The lowest BCUT2D eigenvalue weighted by Crippen LogP contribution is -2.10. The molecule has 0 saturated heterocycles. The number of rotatable bonds is 4. The minimum absolute atomic E-state index is 0.0313. The van der Waals surface area contributed by atoms with Gasteiger partial charge in [-0.25, -0.2) is 13.2 Å². The fourth-order valence-electron chi connectivity index (χ4n) is 1.75. The maximum absolute atomic E-state index is 12.4. The van der Waals surface area contributed by atoms with Crippen molar-refractivity contribution < 1.29 is 22.8 Å². The van der Waals surface area contributed by atoms with E-state index in [2.05, 4.69) is 26.1 Å². The molecule has 1 aromatic carbocycles. The number of benzene rings is 1. The van der Waals surface area contributed by atoms with E-state index in [1.807, 2.05) is 0 Å². The van der Waals surface area contributed by atoms with Crippen LogP contribution in [0.3, 0.4) is 0 Å². The third-order valence-corrected chi connectivity index (χ3v) is 5.32. The summed E-state index contributed by atoms with van der Waals surface area (Å²) in [6, 6.07) is 2.49. The first-order valence-corrected chi connectivity index (χ1v) is 8.20. The molecule has 0 aliphatic rings. The Labute approximate surface area is 129 Å². The molecular formula is C12H11BrN2O5S. The summed E-state index contributed by atoms with van der Waals surface area (Å²) in [6.07, 6.45) is 0. The van der Waals surface area contributed by atoms with Crippen LogP contribution in [-0.4, -0.2) is 29.6 Å². The van der Waals surface area contributed by atoms with Crippen LogP contribution in [0.1, 0.15) is 27.6 Å². The molecule has 21 heavy (non-hydrogen) atoms. The van der Waals surface area contributed by atoms with Gasteiger partial charge in [0.15, 0.2) is 15.7 Å². The number of aromatic carboxylic acids is 1. The molecule has 0 radical (unpaired) electrons. The zero-order valence-electron chi connectivity index (χ0n) is 11.1. The van der Waals surface area contributed by atoms with Crippen molar-refractivity contribution >= 4 is 31.7 Å². The Morgan fingerprint density at radius 1 is 1.38 bits per heavy atom. The first kappa shape index (κ1) is 15.6. The van der Waals surface area contributed by atoms with Gasteiger partial charge in [0.05, 0.1) is 10.5 Å². The van der Waals surface area contributed by atoms with E-state index in [1.165, 1.54) is 6.07 Å². The molecule has 0 aliphatic heterocycles. The summed E-state index contributed by atoms with van der Waals surface area (Å²) in [7, 11) is -3.79. The van der Waals surface area contributed by atoms with Crippen LogP contribution in [0.25, 0.3) is 0 Å². The second-order valence-electron chi connectivity index (χ2n) is 4.38. The molecule has 0 aliphatic carbocycles. The van der Waals surface area contributed by atoms with Crippen molar-refractivity contribution in [2.45, 2.75) is 24.5 Å². The maximum Gasteiger partial charge on any atom is 0.335 e. The SMILES string of the molecule is Cc1nc(CS(=O)(=O)c2cc(C(=O)O)cc(Br)c2C)no1. The van der Waals surface area contributed by atoms with Crippen LogP contribution in [0.5, 0.6) is 0 Å². The Bertz CT molecular complexity index is 813. The molecule has 0 saturated carbocycles. The number of carboxylic acid groups (broad SMARTS) is 1. The van der Waals surface area contributed by atoms with E-state index in [0.717, 1.165) is 6.07 Å². The smallest absolute Gasteiger partial charge is 0.335 e. The van der Waals surface area contributed by atoms with Crippen LogP contribution in [0.15, 0.2) is 26.0 Å². The number of hydrogen-bond donors (Lipinski definition) is 1. The maximum atomic E-state index is 12.4. The van der Waals surface area contributed by atoms with E-state index in [1.54, 1.807) is 13.8 Å². The lowest BCUT2D eigenvalue weighted by molar-refractivity contribution is 0.0696. The van der Waals surface area contributed by atoms with Crippen LogP contribution in [0.2, 0.25) is 0 Å². The molecule has 0 atom stereocenters. The van der Waals surface area contributed by atoms with Gasteiger partial charge in [0, 0.05) is 11.4 Å². The van der Waals surface area contributed by atoms with E-state index in [4.69, 9.17) is 9.63 Å². The summed E-state index contributed by atoms with van der Waals surface area (Å²) in [4.78, 5) is 14.8. The van der Waals surface area contributed by atoms with Crippen LogP contribution in [-0.2, 0) is 15.6 Å². The summed E-state index contributed by atoms with van der Waals surface area (Å²) in [5.41, 5.74) is 0.315. The molecule has 0 fully saturated rings. The Morgan fingerprint density at radius 2 is 2.05 bits per heavy atom. The number of nitrogens with zero attached hydrogens (tertiary/aromatic N) is 2. The quantitative estimate of drug-likeness (QED) is 0.871. The predicted octanol–water partition coefficient (Wildman–Crippen LogP) is 2.12. The van der Waals surface area contributed by atoms with E-state index in [9.17, 15) is 13.2 Å². The van der Waals surface area contributed by atoms with Gasteiger partial charge in [0.25, 0.3) is 0 Å². The molecule has 7 nitrogen and oxygen atoms in total. The lowest BCUT2D eigenvalue weighted by Gasteiger charge is -2.09. The summed E-state index contributed by atoms with van der Waals surface area (Å²) in [6.45, 7) is 3.14. The number of aromatic nitrogens is 2. The topological polar surface area (TPSA) is 110 Å². The van der Waals surface area contributed by atoms with Gasteiger partial charge in [-0.3, -0.25) is 0 Å². The summed E-state index contributed by atoms with van der Waals surface area (Å²) >= 11 is 3.17. The van der Waals surface area contributed by atoms with Gasteiger partial charge in [0.2, 0.25) is 5.89 Å².